The second kappa shape index (κ2) is 13.2. The molecule has 0 aromatic carbocycles. The molecular formula is C31H59NO8. The minimum absolute atomic E-state index is 0.0989. The molecule has 0 aromatic heterocycles. The van der Waals surface area contributed by atoms with E-state index in [1.54, 1.807) is 14.0 Å². The molecule has 0 amide bonds. The number of aliphatic hydroxyl groups is 4. The molecule has 2 heterocycles. The third-order valence-corrected chi connectivity index (χ3v) is 9.76. The number of ether oxygens (including phenoxy) is 3. The van der Waals surface area contributed by atoms with Crippen LogP contribution in [0.15, 0.2) is 0 Å². The van der Waals surface area contributed by atoms with E-state index in [2.05, 4.69) is 6.92 Å². The Labute approximate surface area is 242 Å². The highest BCUT2D eigenvalue weighted by atomic mass is 16.6. The Balaban J connectivity index is 2.51. The quantitative estimate of drug-likeness (QED) is 0.374. The number of hydrogen-bond donors (Lipinski definition) is 4. The molecule has 40 heavy (non-hydrogen) atoms. The molecule has 9 heteroatoms. The summed E-state index contributed by atoms with van der Waals surface area (Å²) in [5.41, 5.74) is -3.29. The van der Waals surface area contributed by atoms with Crippen LogP contribution in [0.1, 0.15) is 101 Å². The average Bonchev–Trinajstić information content (AvgIpc) is 2.81. The number of likely N-dealkylation sites (N-methyl/N-ethyl adjacent to an activating group) is 1. The predicted molar refractivity (Wildman–Crippen MR) is 154 cm³/mol. The zero-order valence-electron chi connectivity index (χ0n) is 26.9. The summed E-state index contributed by atoms with van der Waals surface area (Å²) in [6.07, 6.45) is -0.0416. The number of cyclic esters (lactones) is 1. The van der Waals surface area contributed by atoms with Crippen molar-refractivity contribution in [3.63, 3.8) is 0 Å². The number of methoxy groups -OCH3 is 1. The van der Waals surface area contributed by atoms with Crippen LogP contribution in [0.2, 0.25) is 0 Å². The van der Waals surface area contributed by atoms with E-state index in [0.29, 0.717) is 32.2 Å². The summed E-state index contributed by atoms with van der Waals surface area (Å²) < 4.78 is 17.8. The maximum Gasteiger partial charge on any atom is 0.309 e. The second-order valence-electron chi connectivity index (χ2n) is 14.2. The Morgan fingerprint density at radius 1 is 1.02 bits per heavy atom. The first kappa shape index (κ1) is 35.4. The molecule has 2 saturated heterocycles. The summed E-state index contributed by atoms with van der Waals surface area (Å²) in [7, 11) is 3.52. The molecule has 0 bridgehead atoms. The molecule has 236 valence electrons. The van der Waals surface area contributed by atoms with Gasteiger partial charge in [0.05, 0.1) is 23.2 Å². The molecule has 0 radical (unpaired) electrons. The number of nitrogens with zero attached hydrogens (tertiary/aromatic N) is 1. The van der Waals surface area contributed by atoms with Crippen LogP contribution in [0.4, 0.5) is 0 Å². The van der Waals surface area contributed by atoms with Gasteiger partial charge >= 0.3 is 5.97 Å². The van der Waals surface area contributed by atoms with Crippen LogP contribution in [-0.2, 0) is 19.0 Å². The Bertz CT molecular complexity index is 836. The third kappa shape index (κ3) is 8.62. The molecule has 2 fully saturated rings. The van der Waals surface area contributed by atoms with E-state index >= 15 is 0 Å². The molecule has 0 aromatic rings. The summed E-state index contributed by atoms with van der Waals surface area (Å²) in [5, 5.41) is 46.0. The lowest BCUT2D eigenvalue weighted by Crippen LogP contribution is -2.59. The van der Waals surface area contributed by atoms with Gasteiger partial charge in [-0.05, 0) is 78.7 Å². The van der Waals surface area contributed by atoms with Gasteiger partial charge in [0.25, 0.3) is 0 Å². The zero-order valence-corrected chi connectivity index (χ0v) is 26.9. The molecular weight excluding hydrogens is 514 g/mol. The highest BCUT2D eigenvalue weighted by molar-refractivity contribution is 5.72. The van der Waals surface area contributed by atoms with Crippen LogP contribution in [0, 0.1) is 23.7 Å². The largest absolute Gasteiger partial charge is 0.459 e. The second-order valence-corrected chi connectivity index (χ2v) is 14.2. The van der Waals surface area contributed by atoms with Gasteiger partial charge < -0.3 is 39.5 Å². The van der Waals surface area contributed by atoms with Gasteiger partial charge in [0.1, 0.15) is 17.8 Å². The highest BCUT2D eigenvalue weighted by Gasteiger charge is 2.50. The van der Waals surface area contributed by atoms with E-state index in [4.69, 9.17) is 14.2 Å². The molecule has 1 unspecified atom stereocenters. The van der Waals surface area contributed by atoms with Crippen molar-refractivity contribution in [1.29, 1.82) is 0 Å². The maximum atomic E-state index is 13.7. The van der Waals surface area contributed by atoms with E-state index in [0.717, 1.165) is 0 Å². The predicted octanol–water partition coefficient (Wildman–Crippen LogP) is 3.49. The fraction of sp³-hybridized carbons (Fsp3) is 0.968. The first-order chi connectivity index (χ1) is 18.2. The van der Waals surface area contributed by atoms with E-state index in [-0.39, 0.29) is 30.8 Å². The van der Waals surface area contributed by atoms with Gasteiger partial charge in [0.15, 0.2) is 5.79 Å². The lowest BCUT2D eigenvalue weighted by molar-refractivity contribution is -0.299. The van der Waals surface area contributed by atoms with Crippen LogP contribution in [0.5, 0.6) is 0 Å². The molecule has 0 aliphatic carbocycles. The van der Waals surface area contributed by atoms with E-state index in [1.807, 2.05) is 53.5 Å². The number of esters is 1. The Kier molecular flexibility index (Phi) is 11.7. The first-order valence-corrected chi connectivity index (χ1v) is 15.2. The number of rotatable bonds is 4. The summed E-state index contributed by atoms with van der Waals surface area (Å²) >= 11 is 0. The number of carbonyl (C=O) groups is 1. The van der Waals surface area contributed by atoms with E-state index in [1.165, 1.54) is 6.92 Å². The van der Waals surface area contributed by atoms with Crippen molar-refractivity contribution in [3.8, 4) is 0 Å². The van der Waals surface area contributed by atoms with Crippen LogP contribution in [0.25, 0.3) is 0 Å². The summed E-state index contributed by atoms with van der Waals surface area (Å²) in [4.78, 5) is 15.7. The SMILES string of the molecule is CC[C@H]1OC(=O)[C@H](C)[C@@H](CC2(O)C[C@@](C)(OC)C[C@H](C)O2)[C@H](C)C[C@](C)(O)C[C@@H](C)CN(C)[C@H](C)[C@@H](O)[C@]1(C)O. The molecule has 0 saturated carbocycles. The summed E-state index contributed by atoms with van der Waals surface area (Å²) in [6, 6.07) is -0.417. The molecule has 0 spiro atoms. The van der Waals surface area contributed by atoms with Crippen molar-refractivity contribution in [3.05, 3.63) is 0 Å². The zero-order chi connectivity index (χ0) is 30.8. The van der Waals surface area contributed by atoms with Gasteiger partial charge in [-0.15, -0.1) is 0 Å². The number of aliphatic hydroxyl groups excluding tert-OH is 1. The Morgan fingerprint density at radius 3 is 2.17 bits per heavy atom. The number of carbonyl (C=O) groups excluding carboxylic acids is 1. The molecule has 2 aliphatic rings. The third-order valence-electron chi connectivity index (χ3n) is 9.76. The first-order valence-electron chi connectivity index (χ1n) is 15.2. The van der Waals surface area contributed by atoms with Crippen LogP contribution >= 0.6 is 0 Å². The smallest absolute Gasteiger partial charge is 0.309 e. The number of hydrogen-bond acceptors (Lipinski definition) is 9. The molecule has 2 rings (SSSR count). The fourth-order valence-corrected chi connectivity index (χ4v) is 7.60. The lowest BCUT2D eigenvalue weighted by Gasteiger charge is -2.48. The summed E-state index contributed by atoms with van der Waals surface area (Å²) in [6.45, 7) is 17.3. The highest BCUT2D eigenvalue weighted by Crippen LogP contribution is 2.44. The standard InChI is InChI=1S/C31H59NO8/c1-12-25-30(9,36)26(33)23(6)32(10)17-19(2)13-28(7,35)14-20(3)24(22(5)27(34)39-25)16-31(37)18-29(8,38-11)15-21(4)40-31/h19-26,33,35-37H,12-18H2,1-11H3/t19-,20-,21+,22-,23-,24+,25-,26-,28-,29+,30-,31?/m1/s1. The maximum absolute atomic E-state index is 13.7. The normalized spacial score (nSPS) is 49.1. The van der Waals surface area contributed by atoms with Gasteiger partial charge in [-0.2, -0.15) is 0 Å². The van der Waals surface area contributed by atoms with Crippen LogP contribution in [0.3, 0.4) is 0 Å². The van der Waals surface area contributed by atoms with Crippen molar-refractivity contribution >= 4 is 5.97 Å². The topological polar surface area (TPSA) is 129 Å². The van der Waals surface area contributed by atoms with Crippen LogP contribution < -0.4 is 0 Å². The van der Waals surface area contributed by atoms with Crippen molar-refractivity contribution in [2.45, 2.75) is 148 Å². The molecule has 12 atom stereocenters. The molecule has 9 nitrogen and oxygen atoms in total. The van der Waals surface area contributed by atoms with Crippen molar-refractivity contribution in [1.82, 2.24) is 4.90 Å². The minimum Gasteiger partial charge on any atom is -0.459 e. The van der Waals surface area contributed by atoms with Crippen molar-refractivity contribution in [2.75, 3.05) is 20.7 Å². The van der Waals surface area contributed by atoms with Crippen LogP contribution in [-0.4, -0.2) is 98.9 Å². The monoisotopic (exact) mass is 573 g/mol. The minimum atomic E-state index is -1.69. The van der Waals surface area contributed by atoms with E-state index < -0.39 is 58.6 Å². The molecule has 2 aliphatic heterocycles. The lowest BCUT2D eigenvalue weighted by atomic mass is 9.71. The Morgan fingerprint density at radius 2 is 1.62 bits per heavy atom. The fourth-order valence-electron chi connectivity index (χ4n) is 7.60. The molecule has 4 N–H and O–H groups in total. The van der Waals surface area contributed by atoms with Gasteiger partial charge in [0, 0.05) is 39.0 Å². The van der Waals surface area contributed by atoms with Crippen molar-refractivity contribution < 1.29 is 39.4 Å². The van der Waals surface area contributed by atoms with Gasteiger partial charge in [-0.25, -0.2) is 0 Å². The van der Waals surface area contributed by atoms with Gasteiger partial charge in [-0.3, -0.25) is 4.79 Å². The van der Waals surface area contributed by atoms with E-state index in [9.17, 15) is 25.2 Å². The van der Waals surface area contributed by atoms with Gasteiger partial charge in [0.2, 0.25) is 0 Å². The van der Waals surface area contributed by atoms with Gasteiger partial charge in [-0.1, -0.05) is 27.7 Å². The average molecular weight is 574 g/mol. The Hall–Kier alpha value is -0.810. The van der Waals surface area contributed by atoms with Crippen molar-refractivity contribution in [2.24, 2.45) is 23.7 Å². The summed E-state index contributed by atoms with van der Waals surface area (Å²) in [5.74, 6) is -3.18.